The fraction of sp³-hybridized carbons (Fsp3) is 0.105. The summed E-state index contributed by atoms with van der Waals surface area (Å²) in [6.07, 6.45) is 0.864. The summed E-state index contributed by atoms with van der Waals surface area (Å²) in [5.74, 6) is -1.38. The predicted molar refractivity (Wildman–Crippen MR) is 93.2 cm³/mol. The molecule has 0 fully saturated rings. The molecule has 0 aliphatic carbocycles. The molecule has 0 saturated heterocycles. The first-order valence-electron chi connectivity index (χ1n) is 7.28. The molecule has 0 aromatic heterocycles. The molecular formula is C19H14ClNO4. The SMILES string of the molecule is CC(=O)C(=O)C=C(O)c1cccc(OCc2c(Cl)cccc2C#N)c1. The second-order valence-corrected chi connectivity index (χ2v) is 5.55. The average Bonchev–Trinajstić information content (AvgIpc) is 2.60. The van der Waals surface area contributed by atoms with E-state index in [1.165, 1.54) is 6.07 Å². The Kier molecular flexibility index (Phi) is 5.93. The molecule has 5 nitrogen and oxygen atoms in total. The number of nitrogens with zero attached hydrogens (tertiary/aromatic N) is 1. The van der Waals surface area contributed by atoms with Crippen LogP contribution in [0.2, 0.25) is 5.02 Å². The number of aliphatic hydroxyl groups is 1. The Balaban J connectivity index is 2.20. The summed E-state index contributed by atoms with van der Waals surface area (Å²) in [7, 11) is 0. The molecule has 25 heavy (non-hydrogen) atoms. The number of aliphatic hydroxyl groups excluding tert-OH is 1. The lowest BCUT2D eigenvalue weighted by Crippen LogP contribution is -2.06. The largest absolute Gasteiger partial charge is 0.507 e. The Hall–Kier alpha value is -3.10. The van der Waals surface area contributed by atoms with Crippen molar-refractivity contribution < 1.29 is 19.4 Å². The van der Waals surface area contributed by atoms with E-state index in [2.05, 4.69) is 6.07 Å². The topological polar surface area (TPSA) is 87.4 Å². The number of hydrogen-bond donors (Lipinski definition) is 1. The second kappa shape index (κ2) is 8.13. The zero-order chi connectivity index (χ0) is 18.4. The number of hydrogen-bond acceptors (Lipinski definition) is 5. The van der Waals surface area contributed by atoms with Gasteiger partial charge in [-0.05, 0) is 24.3 Å². The van der Waals surface area contributed by atoms with Gasteiger partial charge in [-0.15, -0.1) is 0 Å². The lowest BCUT2D eigenvalue weighted by molar-refractivity contribution is -0.132. The van der Waals surface area contributed by atoms with Crippen LogP contribution in [0.4, 0.5) is 0 Å². The molecule has 2 aromatic carbocycles. The number of allylic oxidation sites excluding steroid dienone is 1. The van der Waals surface area contributed by atoms with Crippen molar-refractivity contribution in [3.05, 3.63) is 70.3 Å². The molecule has 0 aliphatic rings. The summed E-state index contributed by atoms with van der Waals surface area (Å²) >= 11 is 6.09. The number of nitriles is 1. The first-order valence-corrected chi connectivity index (χ1v) is 7.66. The first kappa shape index (κ1) is 18.2. The Labute approximate surface area is 149 Å². The maximum Gasteiger partial charge on any atom is 0.224 e. The highest BCUT2D eigenvalue weighted by Crippen LogP contribution is 2.24. The lowest BCUT2D eigenvalue weighted by Gasteiger charge is -2.10. The molecule has 126 valence electrons. The van der Waals surface area contributed by atoms with Crippen LogP contribution in [0.15, 0.2) is 48.5 Å². The van der Waals surface area contributed by atoms with Crippen molar-refractivity contribution in [3.63, 3.8) is 0 Å². The summed E-state index contributed by atoms with van der Waals surface area (Å²) < 4.78 is 5.63. The highest BCUT2D eigenvalue weighted by atomic mass is 35.5. The van der Waals surface area contributed by atoms with E-state index < -0.39 is 11.6 Å². The van der Waals surface area contributed by atoms with Crippen molar-refractivity contribution in [1.29, 1.82) is 5.26 Å². The number of halogens is 1. The van der Waals surface area contributed by atoms with E-state index in [0.717, 1.165) is 13.0 Å². The maximum absolute atomic E-state index is 11.4. The minimum atomic E-state index is -0.793. The van der Waals surface area contributed by atoms with Gasteiger partial charge in [0.1, 0.15) is 18.1 Å². The predicted octanol–water partition coefficient (Wildman–Crippen LogP) is 3.85. The summed E-state index contributed by atoms with van der Waals surface area (Å²) in [4.78, 5) is 22.3. The number of carbonyl (C=O) groups excluding carboxylic acids is 2. The van der Waals surface area contributed by atoms with Crippen LogP contribution in [0, 0.1) is 11.3 Å². The van der Waals surface area contributed by atoms with Crippen LogP contribution < -0.4 is 4.74 Å². The van der Waals surface area contributed by atoms with Gasteiger partial charge in [0.05, 0.1) is 11.6 Å². The molecular weight excluding hydrogens is 342 g/mol. The molecule has 0 bridgehead atoms. The number of rotatable bonds is 6. The van der Waals surface area contributed by atoms with E-state index in [0.29, 0.717) is 27.5 Å². The molecule has 2 rings (SSSR count). The Morgan fingerprint density at radius 3 is 2.68 bits per heavy atom. The van der Waals surface area contributed by atoms with E-state index in [4.69, 9.17) is 21.6 Å². The van der Waals surface area contributed by atoms with Gasteiger partial charge >= 0.3 is 0 Å². The van der Waals surface area contributed by atoms with Crippen molar-refractivity contribution in [3.8, 4) is 11.8 Å². The molecule has 0 heterocycles. The van der Waals surface area contributed by atoms with E-state index in [-0.39, 0.29) is 12.4 Å². The smallest absolute Gasteiger partial charge is 0.224 e. The highest BCUT2D eigenvalue weighted by molar-refractivity contribution is 6.41. The quantitative estimate of drug-likeness (QED) is 0.483. The van der Waals surface area contributed by atoms with Crippen LogP contribution in [0.5, 0.6) is 5.75 Å². The number of carbonyl (C=O) groups is 2. The van der Waals surface area contributed by atoms with Crippen LogP contribution >= 0.6 is 11.6 Å². The fourth-order valence-electron chi connectivity index (χ4n) is 2.02. The average molecular weight is 356 g/mol. The molecule has 0 unspecified atom stereocenters. The Morgan fingerprint density at radius 1 is 1.28 bits per heavy atom. The molecule has 0 saturated carbocycles. The number of ether oxygens (including phenoxy) is 1. The molecule has 0 radical (unpaired) electrons. The summed E-state index contributed by atoms with van der Waals surface area (Å²) in [5, 5.41) is 19.5. The zero-order valence-electron chi connectivity index (χ0n) is 13.3. The molecule has 2 aromatic rings. The van der Waals surface area contributed by atoms with Gasteiger partial charge < -0.3 is 9.84 Å². The third kappa shape index (κ3) is 4.69. The number of Topliss-reactive ketones (excluding diaryl/α,β-unsaturated/α-hetero) is 1. The van der Waals surface area contributed by atoms with Crippen LogP contribution in [0.3, 0.4) is 0 Å². The highest BCUT2D eigenvalue weighted by Gasteiger charge is 2.10. The second-order valence-electron chi connectivity index (χ2n) is 5.14. The third-order valence-electron chi connectivity index (χ3n) is 3.37. The van der Waals surface area contributed by atoms with E-state index >= 15 is 0 Å². The van der Waals surface area contributed by atoms with Crippen LogP contribution in [-0.2, 0) is 16.2 Å². The number of benzene rings is 2. The van der Waals surface area contributed by atoms with Gasteiger partial charge in [0.25, 0.3) is 0 Å². The van der Waals surface area contributed by atoms with Gasteiger partial charge in [-0.3, -0.25) is 9.59 Å². The third-order valence-corrected chi connectivity index (χ3v) is 3.72. The number of ketones is 2. The van der Waals surface area contributed by atoms with E-state index in [1.54, 1.807) is 36.4 Å². The summed E-state index contributed by atoms with van der Waals surface area (Å²) in [5.41, 5.74) is 1.30. The van der Waals surface area contributed by atoms with Gasteiger partial charge in [0.2, 0.25) is 5.78 Å². The molecule has 6 heteroatoms. The van der Waals surface area contributed by atoms with Crippen molar-refractivity contribution >= 4 is 28.9 Å². The minimum absolute atomic E-state index is 0.0723. The van der Waals surface area contributed by atoms with Gasteiger partial charge in [-0.25, -0.2) is 0 Å². The molecule has 0 spiro atoms. The van der Waals surface area contributed by atoms with Gasteiger partial charge in [0.15, 0.2) is 5.78 Å². The Bertz CT molecular complexity index is 897. The normalized spacial score (nSPS) is 10.8. The maximum atomic E-state index is 11.4. The molecule has 0 aliphatic heterocycles. The minimum Gasteiger partial charge on any atom is -0.507 e. The van der Waals surface area contributed by atoms with E-state index in [9.17, 15) is 14.7 Å². The summed E-state index contributed by atoms with van der Waals surface area (Å²) in [6.45, 7) is 1.20. The fourth-order valence-corrected chi connectivity index (χ4v) is 2.25. The van der Waals surface area contributed by atoms with Crippen molar-refractivity contribution in [2.45, 2.75) is 13.5 Å². The van der Waals surface area contributed by atoms with E-state index in [1.807, 2.05) is 0 Å². The first-order chi connectivity index (χ1) is 11.9. The van der Waals surface area contributed by atoms with Gasteiger partial charge in [0, 0.05) is 29.1 Å². The summed E-state index contributed by atoms with van der Waals surface area (Å²) in [6, 6.07) is 13.4. The Morgan fingerprint density at radius 2 is 2.00 bits per heavy atom. The zero-order valence-corrected chi connectivity index (χ0v) is 14.1. The van der Waals surface area contributed by atoms with Crippen LogP contribution in [0.25, 0.3) is 5.76 Å². The van der Waals surface area contributed by atoms with Crippen LogP contribution in [0.1, 0.15) is 23.6 Å². The van der Waals surface area contributed by atoms with Crippen molar-refractivity contribution in [2.24, 2.45) is 0 Å². The standard InChI is InChI=1S/C19H14ClNO4/c1-12(22)18(23)9-19(24)13-4-2-6-15(8-13)25-11-16-14(10-21)5-3-7-17(16)20/h2-9,24H,11H2,1H3. The molecule has 0 amide bonds. The van der Waals surface area contributed by atoms with Crippen molar-refractivity contribution in [2.75, 3.05) is 0 Å². The molecule has 1 N–H and O–H groups in total. The van der Waals surface area contributed by atoms with Crippen LogP contribution in [-0.4, -0.2) is 16.7 Å². The monoisotopic (exact) mass is 355 g/mol. The lowest BCUT2D eigenvalue weighted by atomic mass is 10.1. The van der Waals surface area contributed by atoms with Gasteiger partial charge in [-0.2, -0.15) is 5.26 Å². The molecule has 0 atom stereocenters. The van der Waals surface area contributed by atoms with Crippen molar-refractivity contribution in [1.82, 2.24) is 0 Å². The van der Waals surface area contributed by atoms with Gasteiger partial charge in [-0.1, -0.05) is 29.8 Å².